The van der Waals surface area contributed by atoms with Gasteiger partial charge in [-0.05, 0) is 5.92 Å². The summed E-state index contributed by atoms with van der Waals surface area (Å²) in [5.41, 5.74) is 11.3. The van der Waals surface area contributed by atoms with Gasteiger partial charge in [0.1, 0.15) is 11.5 Å². The van der Waals surface area contributed by atoms with Crippen molar-refractivity contribution in [2.45, 2.75) is 20.4 Å². The lowest BCUT2D eigenvalue weighted by atomic mass is 10.2. The minimum absolute atomic E-state index is 0.0751. The number of hydrogen-bond donors (Lipinski definition) is 2. The number of nitrogen functional groups attached to an aromatic ring is 2. The Balaban J connectivity index is 2.80. The van der Waals surface area contributed by atoms with E-state index in [2.05, 4.69) is 18.8 Å². The summed E-state index contributed by atoms with van der Waals surface area (Å²) in [6, 6.07) is 0. The SMILES string of the molecule is CC(C)Cn1c(N)c(N)c(=O)n2ccnc12. The van der Waals surface area contributed by atoms with Gasteiger partial charge in [0.05, 0.1) is 0 Å². The summed E-state index contributed by atoms with van der Waals surface area (Å²) < 4.78 is 3.18. The van der Waals surface area contributed by atoms with Gasteiger partial charge in [0.2, 0.25) is 5.78 Å². The number of hydrogen-bond acceptors (Lipinski definition) is 4. The first-order chi connectivity index (χ1) is 7.52. The molecule has 0 aliphatic heterocycles. The van der Waals surface area contributed by atoms with Crippen LogP contribution in [-0.2, 0) is 6.54 Å². The molecule has 0 radical (unpaired) electrons. The number of rotatable bonds is 2. The molecule has 86 valence electrons. The Kier molecular flexibility index (Phi) is 2.34. The number of fused-ring (bicyclic) bond motifs is 1. The topological polar surface area (TPSA) is 91.3 Å². The van der Waals surface area contributed by atoms with Crippen LogP contribution in [0, 0.1) is 5.92 Å². The molecular formula is C10H15N5O. The van der Waals surface area contributed by atoms with E-state index in [0.29, 0.717) is 18.2 Å². The van der Waals surface area contributed by atoms with Crippen molar-refractivity contribution in [3.8, 4) is 0 Å². The monoisotopic (exact) mass is 221 g/mol. The van der Waals surface area contributed by atoms with Crippen LogP contribution in [0.25, 0.3) is 5.78 Å². The number of nitrogens with zero attached hydrogens (tertiary/aromatic N) is 3. The second-order valence-corrected chi connectivity index (χ2v) is 4.21. The molecule has 4 N–H and O–H groups in total. The second kappa shape index (κ2) is 3.55. The fraction of sp³-hybridized carbons (Fsp3) is 0.400. The Labute approximate surface area is 92.5 Å². The predicted octanol–water partition coefficient (Wildman–Crippen LogP) is 0.316. The highest BCUT2D eigenvalue weighted by atomic mass is 16.1. The first-order valence-corrected chi connectivity index (χ1v) is 5.13. The Morgan fingerprint density at radius 2 is 2.12 bits per heavy atom. The van der Waals surface area contributed by atoms with Gasteiger partial charge in [-0.3, -0.25) is 9.36 Å². The van der Waals surface area contributed by atoms with Gasteiger partial charge < -0.3 is 11.5 Å². The van der Waals surface area contributed by atoms with E-state index in [1.165, 1.54) is 4.40 Å². The first-order valence-electron chi connectivity index (χ1n) is 5.13. The van der Waals surface area contributed by atoms with E-state index in [4.69, 9.17) is 11.5 Å². The predicted molar refractivity (Wildman–Crippen MR) is 63.1 cm³/mol. The van der Waals surface area contributed by atoms with Crippen LogP contribution in [0.4, 0.5) is 11.5 Å². The zero-order chi connectivity index (χ0) is 11.9. The smallest absolute Gasteiger partial charge is 0.284 e. The number of nitrogens with two attached hydrogens (primary N) is 2. The van der Waals surface area contributed by atoms with E-state index < -0.39 is 0 Å². The van der Waals surface area contributed by atoms with Crippen LogP contribution in [0.1, 0.15) is 13.8 Å². The maximum atomic E-state index is 11.8. The minimum Gasteiger partial charge on any atom is -0.391 e. The van der Waals surface area contributed by atoms with Crippen LogP contribution < -0.4 is 17.0 Å². The van der Waals surface area contributed by atoms with Crippen molar-refractivity contribution in [1.29, 1.82) is 0 Å². The van der Waals surface area contributed by atoms with Gasteiger partial charge in [-0.15, -0.1) is 0 Å². The standard InChI is InChI=1S/C10H15N5O/c1-6(2)5-15-8(12)7(11)9(16)14-4-3-13-10(14)15/h3-4,6H,5,11-12H2,1-2H3. The molecule has 0 amide bonds. The molecule has 6 nitrogen and oxygen atoms in total. The number of aromatic nitrogens is 3. The normalized spacial score (nSPS) is 11.4. The molecule has 0 aliphatic rings. The summed E-state index contributed by atoms with van der Waals surface area (Å²) in [5, 5.41) is 0. The third kappa shape index (κ3) is 1.42. The molecule has 0 aromatic carbocycles. The lowest BCUT2D eigenvalue weighted by Crippen LogP contribution is -2.25. The van der Waals surface area contributed by atoms with Crippen LogP contribution >= 0.6 is 0 Å². The molecule has 0 atom stereocenters. The van der Waals surface area contributed by atoms with Crippen LogP contribution in [0.2, 0.25) is 0 Å². The zero-order valence-electron chi connectivity index (χ0n) is 9.34. The fourth-order valence-corrected chi connectivity index (χ4v) is 1.69. The fourth-order valence-electron chi connectivity index (χ4n) is 1.69. The van der Waals surface area contributed by atoms with Gasteiger partial charge in [-0.25, -0.2) is 9.38 Å². The molecule has 0 aliphatic carbocycles. The van der Waals surface area contributed by atoms with Crippen molar-refractivity contribution in [1.82, 2.24) is 14.0 Å². The number of anilines is 2. The van der Waals surface area contributed by atoms with E-state index in [1.54, 1.807) is 17.0 Å². The highest BCUT2D eigenvalue weighted by Crippen LogP contribution is 2.15. The largest absolute Gasteiger partial charge is 0.391 e. The van der Waals surface area contributed by atoms with Crippen molar-refractivity contribution in [3.05, 3.63) is 22.7 Å². The van der Waals surface area contributed by atoms with E-state index in [9.17, 15) is 4.79 Å². The van der Waals surface area contributed by atoms with Crippen molar-refractivity contribution < 1.29 is 0 Å². The van der Waals surface area contributed by atoms with Crippen LogP contribution in [0.15, 0.2) is 17.2 Å². The summed E-state index contributed by atoms with van der Waals surface area (Å²) in [4.78, 5) is 15.9. The average Bonchev–Trinajstić information content (AvgIpc) is 2.69. The first kappa shape index (κ1) is 10.5. The van der Waals surface area contributed by atoms with E-state index >= 15 is 0 Å². The van der Waals surface area contributed by atoms with Crippen LogP contribution in [0.5, 0.6) is 0 Å². The second-order valence-electron chi connectivity index (χ2n) is 4.21. The third-order valence-corrected chi connectivity index (χ3v) is 2.43. The van der Waals surface area contributed by atoms with E-state index in [-0.39, 0.29) is 17.1 Å². The third-order valence-electron chi connectivity index (χ3n) is 2.43. The van der Waals surface area contributed by atoms with E-state index in [0.717, 1.165) is 0 Å². The molecule has 6 heteroatoms. The maximum absolute atomic E-state index is 11.8. The molecule has 2 aromatic rings. The number of imidazole rings is 1. The van der Waals surface area contributed by atoms with Gasteiger partial charge >= 0.3 is 0 Å². The molecular weight excluding hydrogens is 206 g/mol. The average molecular weight is 221 g/mol. The highest BCUT2D eigenvalue weighted by molar-refractivity contribution is 5.61. The molecule has 0 saturated carbocycles. The summed E-state index contributed by atoms with van der Waals surface area (Å²) in [6.45, 7) is 4.80. The molecule has 0 saturated heterocycles. The highest BCUT2D eigenvalue weighted by Gasteiger charge is 2.13. The maximum Gasteiger partial charge on any atom is 0.284 e. The molecule has 0 spiro atoms. The lowest BCUT2D eigenvalue weighted by molar-refractivity contribution is 0.530. The Morgan fingerprint density at radius 3 is 2.75 bits per heavy atom. The molecule has 2 heterocycles. The van der Waals surface area contributed by atoms with Gasteiger partial charge in [0.25, 0.3) is 5.56 Å². The molecule has 2 aromatic heterocycles. The zero-order valence-corrected chi connectivity index (χ0v) is 9.34. The van der Waals surface area contributed by atoms with E-state index in [1.807, 2.05) is 0 Å². The van der Waals surface area contributed by atoms with Crippen molar-refractivity contribution in [3.63, 3.8) is 0 Å². The van der Waals surface area contributed by atoms with Gasteiger partial charge in [0.15, 0.2) is 0 Å². The Hall–Kier alpha value is -1.98. The molecule has 16 heavy (non-hydrogen) atoms. The van der Waals surface area contributed by atoms with Gasteiger partial charge in [0, 0.05) is 18.9 Å². The summed E-state index contributed by atoms with van der Waals surface area (Å²) in [7, 11) is 0. The van der Waals surface area contributed by atoms with Gasteiger partial charge in [-0.1, -0.05) is 13.8 Å². The minimum atomic E-state index is -0.315. The van der Waals surface area contributed by atoms with Crippen molar-refractivity contribution in [2.24, 2.45) is 5.92 Å². The summed E-state index contributed by atoms with van der Waals surface area (Å²) in [5.74, 6) is 1.22. The molecule has 0 bridgehead atoms. The van der Waals surface area contributed by atoms with Crippen molar-refractivity contribution in [2.75, 3.05) is 11.5 Å². The molecule has 2 rings (SSSR count). The lowest BCUT2D eigenvalue weighted by Gasteiger charge is -2.15. The van der Waals surface area contributed by atoms with Crippen LogP contribution in [-0.4, -0.2) is 14.0 Å². The Bertz CT molecular complexity index is 581. The molecule has 0 fully saturated rings. The summed E-state index contributed by atoms with van der Waals surface area (Å²) in [6.07, 6.45) is 3.15. The Morgan fingerprint density at radius 1 is 1.44 bits per heavy atom. The van der Waals surface area contributed by atoms with Gasteiger partial charge in [-0.2, -0.15) is 0 Å². The van der Waals surface area contributed by atoms with Crippen LogP contribution in [0.3, 0.4) is 0 Å². The summed E-state index contributed by atoms with van der Waals surface area (Å²) >= 11 is 0. The molecule has 0 unspecified atom stereocenters. The van der Waals surface area contributed by atoms with Crippen molar-refractivity contribution >= 4 is 17.3 Å². The quantitative estimate of drug-likeness (QED) is 0.763.